The molecule has 5 rings (SSSR count). The van der Waals surface area contributed by atoms with Gasteiger partial charge in [-0.05, 0) is 83.6 Å². The van der Waals surface area contributed by atoms with Gasteiger partial charge >= 0.3 is 5.97 Å². The molecule has 0 bridgehead atoms. The number of ether oxygens (including phenoxy) is 1. The summed E-state index contributed by atoms with van der Waals surface area (Å²) < 4.78 is 7.98. The summed E-state index contributed by atoms with van der Waals surface area (Å²) in [6.45, 7) is 0. The van der Waals surface area contributed by atoms with Crippen molar-refractivity contribution in [2.45, 2.75) is 17.7 Å². The molecule has 0 spiro atoms. The third-order valence-corrected chi connectivity index (χ3v) is 7.44. The molecule has 0 amide bonds. The predicted molar refractivity (Wildman–Crippen MR) is 148 cm³/mol. The molecule has 0 aliphatic carbocycles. The highest BCUT2D eigenvalue weighted by molar-refractivity contribution is 7.98. The number of carbonyl (C=O) groups is 1. The molecule has 36 heavy (non-hydrogen) atoms. The Morgan fingerprint density at radius 2 is 1.58 bits per heavy atom. The van der Waals surface area contributed by atoms with Gasteiger partial charge in [0.15, 0.2) is 0 Å². The summed E-state index contributed by atoms with van der Waals surface area (Å²) in [6, 6.07) is 29.4. The van der Waals surface area contributed by atoms with Gasteiger partial charge in [0.1, 0.15) is 11.5 Å². The van der Waals surface area contributed by atoms with Crippen LogP contribution in [0.25, 0.3) is 22.0 Å². The smallest absolute Gasteiger partial charge is 0.303 e. The van der Waals surface area contributed by atoms with E-state index in [1.165, 1.54) is 0 Å². The minimum Gasteiger partial charge on any atom is -0.481 e. The number of nitrogens with zero attached hydrogens (tertiary/aromatic N) is 1. The number of benzene rings is 4. The highest BCUT2D eigenvalue weighted by Gasteiger charge is 2.13. The molecule has 1 aromatic heterocycles. The number of hydrogen-bond acceptors (Lipinski definition) is 3. The van der Waals surface area contributed by atoms with Crippen LogP contribution in [0.4, 0.5) is 0 Å². The van der Waals surface area contributed by atoms with Crippen molar-refractivity contribution in [1.82, 2.24) is 3.97 Å². The van der Waals surface area contributed by atoms with E-state index < -0.39 is 5.97 Å². The summed E-state index contributed by atoms with van der Waals surface area (Å²) in [5.41, 5.74) is 4.28. The molecule has 0 aliphatic rings. The van der Waals surface area contributed by atoms with Crippen LogP contribution in [0.3, 0.4) is 0 Å². The Bertz CT molecular complexity index is 1530. The molecule has 1 heterocycles. The van der Waals surface area contributed by atoms with Gasteiger partial charge in [0.2, 0.25) is 0 Å². The summed E-state index contributed by atoms with van der Waals surface area (Å²) in [7, 11) is 0. The summed E-state index contributed by atoms with van der Waals surface area (Å²) >= 11 is 13.6. The Balaban J connectivity index is 1.41. The van der Waals surface area contributed by atoms with E-state index in [-0.39, 0.29) is 6.42 Å². The summed E-state index contributed by atoms with van der Waals surface area (Å²) in [5, 5.41) is 11.2. The van der Waals surface area contributed by atoms with Crippen LogP contribution in [0.15, 0.2) is 102 Å². The maximum Gasteiger partial charge on any atom is 0.303 e. The quantitative estimate of drug-likeness (QED) is 0.216. The second-order valence-corrected chi connectivity index (χ2v) is 10.1. The topological polar surface area (TPSA) is 51.5 Å². The predicted octanol–water partition coefficient (Wildman–Crippen LogP) is 8.98. The Morgan fingerprint density at radius 1 is 0.833 bits per heavy atom. The zero-order valence-electron chi connectivity index (χ0n) is 19.0. The largest absolute Gasteiger partial charge is 0.481 e. The first-order chi connectivity index (χ1) is 17.5. The molecule has 1 N–H and O–H groups in total. The van der Waals surface area contributed by atoms with Gasteiger partial charge in [0, 0.05) is 29.0 Å². The minimum absolute atomic E-state index is 0.0834. The minimum atomic E-state index is -0.805. The normalized spacial score (nSPS) is 11.1. The molecule has 4 nitrogen and oxygen atoms in total. The monoisotopic (exact) mass is 533 g/mol. The van der Waals surface area contributed by atoms with Crippen molar-refractivity contribution in [2.75, 3.05) is 0 Å². The summed E-state index contributed by atoms with van der Waals surface area (Å²) in [4.78, 5) is 12.3. The van der Waals surface area contributed by atoms with E-state index in [0.29, 0.717) is 28.0 Å². The molecular formula is C29H21Cl2NO3S. The Hall–Kier alpha value is -3.38. The van der Waals surface area contributed by atoms with Crippen molar-refractivity contribution >= 4 is 52.0 Å². The van der Waals surface area contributed by atoms with Crippen LogP contribution in [0, 0.1) is 0 Å². The van der Waals surface area contributed by atoms with Gasteiger partial charge in [0.25, 0.3) is 0 Å². The van der Waals surface area contributed by atoms with Gasteiger partial charge in [-0.25, -0.2) is 0 Å². The van der Waals surface area contributed by atoms with Crippen molar-refractivity contribution in [3.8, 4) is 22.6 Å². The summed E-state index contributed by atoms with van der Waals surface area (Å²) in [6.07, 6.45) is 2.58. The van der Waals surface area contributed by atoms with Crippen molar-refractivity contribution in [2.24, 2.45) is 0 Å². The standard InChI is InChI=1S/C29H21Cl2NO3S/c30-26-13-10-23(17-27(26)31)35-22-8-11-24(12-9-22)36-32-18-21(7-15-29(33)34)25-16-20(6-14-28(25)32)19-4-2-1-3-5-19/h1-6,8-14,16-18H,7,15H2,(H,33,34). The number of carboxylic acids is 1. The Kier molecular flexibility index (Phi) is 7.23. The van der Waals surface area contributed by atoms with Crippen LogP contribution < -0.4 is 4.74 Å². The van der Waals surface area contributed by atoms with Crippen molar-refractivity contribution in [3.63, 3.8) is 0 Å². The second-order valence-electron chi connectivity index (χ2n) is 8.21. The fourth-order valence-corrected chi connectivity index (χ4v) is 5.16. The van der Waals surface area contributed by atoms with Crippen molar-refractivity contribution in [1.29, 1.82) is 0 Å². The van der Waals surface area contributed by atoms with Crippen LogP contribution in [0.1, 0.15) is 12.0 Å². The number of rotatable bonds is 8. The summed E-state index contributed by atoms with van der Waals surface area (Å²) in [5.74, 6) is 0.489. The molecule has 0 radical (unpaired) electrons. The second kappa shape index (κ2) is 10.7. The average Bonchev–Trinajstić information content (AvgIpc) is 3.23. The highest BCUT2D eigenvalue weighted by Crippen LogP contribution is 2.35. The van der Waals surface area contributed by atoms with E-state index in [1.54, 1.807) is 30.1 Å². The zero-order chi connectivity index (χ0) is 25.1. The SMILES string of the molecule is O=C(O)CCc1cn(Sc2ccc(Oc3ccc(Cl)c(Cl)c3)cc2)c2ccc(-c3ccccc3)cc12. The van der Waals surface area contributed by atoms with Gasteiger partial charge in [-0.15, -0.1) is 0 Å². The molecule has 0 fully saturated rings. The highest BCUT2D eigenvalue weighted by atomic mass is 35.5. The fourth-order valence-electron chi connectivity index (χ4n) is 3.95. The van der Waals surface area contributed by atoms with E-state index in [4.69, 9.17) is 27.9 Å². The zero-order valence-corrected chi connectivity index (χ0v) is 21.4. The third-order valence-electron chi connectivity index (χ3n) is 5.72. The molecule has 0 unspecified atom stereocenters. The number of halogens is 2. The first-order valence-corrected chi connectivity index (χ1v) is 12.8. The van der Waals surface area contributed by atoms with Gasteiger partial charge in [-0.2, -0.15) is 0 Å². The van der Waals surface area contributed by atoms with E-state index in [0.717, 1.165) is 32.5 Å². The van der Waals surface area contributed by atoms with E-state index >= 15 is 0 Å². The molecule has 5 aromatic rings. The molecule has 180 valence electrons. The van der Waals surface area contributed by atoms with E-state index in [2.05, 4.69) is 34.3 Å². The van der Waals surface area contributed by atoms with Crippen molar-refractivity contribution in [3.05, 3.63) is 113 Å². The van der Waals surface area contributed by atoms with Crippen molar-refractivity contribution < 1.29 is 14.6 Å². The molecular weight excluding hydrogens is 513 g/mol. The maximum atomic E-state index is 11.3. The molecule has 4 aromatic carbocycles. The van der Waals surface area contributed by atoms with Crippen LogP contribution in [-0.2, 0) is 11.2 Å². The van der Waals surface area contributed by atoms with Crippen LogP contribution in [-0.4, -0.2) is 15.0 Å². The first-order valence-electron chi connectivity index (χ1n) is 11.3. The molecule has 7 heteroatoms. The Labute approximate surface area is 223 Å². The number of carboxylic acid groups (broad SMARTS) is 1. The van der Waals surface area contributed by atoms with Gasteiger partial charge in [-0.3, -0.25) is 8.77 Å². The van der Waals surface area contributed by atoms with Crippen LogP contribution >= 0.6 is 35.1 Å². The lowest BCUT2D eigenvalue weighted by Crippen LogP contribution is -1.96. The number of aromatic nitrogens is 1. The fraction of sp³-hybridized carbons (Fsp3) is 0.0690. The number of aliphatic carboxylic acids is 1. The number of aryl methyl sites for hydroxylation is 1. The van der Waals surface area contributed by atoms with Crippen LogP contribution in [0.5, 0.6) is 11.5 Å². The third kappa shape index (κ3) is 5.54. The van der Waals surface area contributed by atoms with Crippen LogP contribution in [0.2, 0.25) is 10.0 Å². The first kappa shape index (κ1) is 24.3. The lowest BCUT2D eigenvalue weighted by molar-refractivity contribution is -0.136. The number of fused-ring (bicyclic) bond motifs is 1. The molecule has 0 saturated heterocycles. The number of hydrogen-bond donors (Lipinski definition) is 1. The molecule has 0 atom stereocenters. The molecule has 0 saturated carbocycles. The maximum absolute atomic E-state index is 11.3. The average molecular weight is 534 g/mol. The van der Waals surface area contributed by atoms with Gasteiger partial charge in [-0.1, -0.05) is 59.6 Å². The lowest BCUT2D eigenvalue weighted by Gasteiger charge is -2.09. The molecule has 0 aliphatic heterocycles. The van der Waals surface area contributed by atoms with Gasteiger partial charge in [0.05, 0.1) is 15.6 Å². The van der Waals surface area contributed by atoms with E-state index in [9.17, 15) is 9.90 Å². The van der Waals surface area contributed by atoms with Gasteiger partial charge < -0.3 is 9.84 Å². The van der Waals surface area contributed by atoms with E-state index in [1.807, 2.05) is 48.7 Å². The lowest BCUT2D eigenvalue weighted by atomic mass is 10.0. The Morgan fingerprint density at radius 3 is 2.31 bits per heavy atom.